The van der Waals surface area contributed by atoms with Crippen LogP contribution in [0.2, 0.25) is 0 Å². The molecule has 2 heterocycles. The summed E-state index contributed by atoms with van der Waals surface area (Å²) < 4.78 is 5.35. The molecule has 2 fully saturated rings. The Morgan fingerprint density at radius 2 is 2.22 bits per heavy atom. The Kier molecular flexibility index (Phi) is 3.19. The van der Waals surface area contributed by atoms with E-state index in [0.29, 0.717) is 18.6 Å². The Morgan fingerprint density at radius 3 is 3.00 bits per heavy atom. The molecule has 4 heteroatoms. The molecule has 1 aromatic rings. The van der Waals surface area contributed by atoms with Crippen LogP contribution in [0.5, 0.6) is 0 Å². The van der Waals surface area contributed by atoms with Crippen molar-refractivity contribution in [2.24, 2.45) is 5.92 Å². The predicted octanol–water partition coefficient (Wildman–Crippen LogP) is 1.62. The Bertz CT molecular complexity index is 421. The highest BCUT2D eigenvalue weighted by molar-refractivity contribution is 5.69. The van der Waals surface area contributed by atoms with Crippen molar-refractivity contribution in [3.05, 3.63) is 35.9 Å². The van der Waals surface area contributed by atoms with Crippen LogP contribution in [0.15, 0.2) is 30.3 Å². The molecule has 3 rings (SSSR count). The van der Waals surface area contributed by atoms with Crippen LogP contribution in [-0.4, -0.2) is 36.7 Å². The van der Waals surface area contributed by atoms with Gasteiger partial charge in [-0.05, 0) is 18.5 Å². The summed E-state index contributed by atoms with van der Waals surface area (Å²) in [6.07, 6.45) is 0.882. The molecule has 2 aliphatic heterocycles. The highest BCUT2D eigenvalue weighted by atomic mass is 16.6. The van der Waals surface area contributed by atoms with Crippen molar-refractivity contribution in [1.29, 1.82) is 0 Å². The van der Waals surface area contributed by atoms with E-state index in [9.17, 15) is 4.79 Å². The van der Waals surface area contributed by atoms with Gasteiger partial charge in [-0.3, -0.25) is 0 Å². The number of fused-ring (bicyclic) bond motifs is 1. The molecule has 2 saturated heterocycles. The van der Waals surface area contributed by atoms with Gasteiger partial charge < -0.3 is 15.0 Å². The number of benzene rings is 1. The van der Waals surface area contributed by atoms with Crippen LogP contribution in [-0.2, 0) is 11.3 Å². The maximum Gasteiger partial charge on any atom is 0.410 e. The third-order valence-corrected chi connectivity index (χ3v) is 3.84. The molecule has 2 aliphatic rings. The maximum absolute atomic E-state index is 11.9. The highest BCUT2D eigenvalue weighted by Crippen LogP contribution is 2.29. The van der Waals surface area contributed by atoms with Crippen LogP contribution in [0.25, 0.3) is 0 Å². The number of likely N-dealkylation sites (tertiary alicyclic amines) is 1. The molecule has 0 radical (unpaired) electrons. The van der Waals surface area contributed by atoms with Crippen molar-refractivity contribution in [2.75, 3.05) is 19.6 Å². The molecule has 2 atom stereocenters. The van der Waals surface area contributed by atoms with Gasteiger partial charge in [-0.1, -0.05) is 30.3 Å². The minimum absolute atomic E-state index is 0.165. The zero-order valence-corrected chi connectivity index (χ0v) is 10.3. The SMILES string of the molecule is O=C(OCc1ccccc1)N1CC2CNCCC21. The van der Waals surface area contributed by atoms with Crippen molar-refractivity contribution < 1.29 is 9.53 Å². The second-order valence-electron chi connectivity index (χ2n) is 5.01. The molecule has 96 valence electrons. The normalized spacial score (nSPS) is 26.1. The Morgan fingerprint density at radius 1 is 1.39 bits per heavy atom. The van der Waals surface area contributed by atoms with E-state index in [1.165, 1.54) is 0 Å². The molecule has 1 amide bonds. The summed E-state index contributed by atoms with van der Waals surface area (Å²) in [5.74, 6) is 0.628. The minimum Gasteiger partial charge on any atom is -0.445 e. The molecular weight excluding hydrogens is 228 g/mol. The van der Waals surface area contributed by atoms with Crippen LogP contribution in [0.4, 0.5) is 4.79 Å². The lowest BCUT2D eigenvalue weighted by atomic mass is 9.84. The monoisotopic (exact) mass is 246 g/mol. The van der Waals surface area contributed by atoms with Gasteiger partial charge in [0.1, 0.15) is 6.61 Å². The molecule has 0 aliphatic carbocycles. The third kappa shape index (κ3) is 2.20. The molecule has 0 bridgehead atoms. The van der Waals surface area contributed by atoms with Gasteiger partial charge in [-0.2, -0.15) is 0 Å². The lowest BCUT2D eigenvalue weighted by molar-refractivity contribution is -0.0103. The van der Waals surface area contributed by atoms with E-state index >= 15 is 0 Å². The molecule has 2 unspecified atom stereocenters. The fraction of sp³-hybridized carbons (Fsp3) is 0.500. The van der Waals surface area contributed by atoms with Gasteiger partial charge >= 0.3 is 6.09 Å². The summed E-state index contributed by atoms with van der Waals surface area (Å²) >= 11 is 0. The van der Waals surface area contributed by atoms with E-state index < -0.39 is 0 Å². The zero-order chi connectivity index (χ0) is 12.4. The zero-order valence-electron chi connectivity index (χ0n) is 10.3. The first-order valence-corrected chi connectivity index (χ1v) is 6.52. The second kappa shape index (κ2) is 4.98. The molecule has 0 saturated carbocycles. The van der Waals surface area contributed by atoms with Crippen molar-refractivity contribution in [3.8, 4) is 0 Å². The van der Waals surface area contributed by atoms with E-state index in [4.69, 9.17) is 4.74 Å². The number of rotatable bonds is 2. The number of carbonyl (C=O) groups is 1. The van der Waals surface area contributed by atoms with Gasteiger partial charge in [-0.25, -0.2) is 4.79 Å². The van der Waals surface area contributed by atoms with Gasteiger partial charge in [-0.15, -0.1) is 0 Å². The van der Waals surface area contributed by atoms with E-state index in [0.717, 1.165) is 31.6 Å². The molecule has 0 aromatic heterocycles. The third-order valence-electron chi connectivity index (χ3n) is 3.84. The van der Waals surface area contributed by atoms with Gasteiger partial charge in [0.25, 0.3) is 0 Å². The Balaban J connectivity index is 1.50. The first-order valence-electron chi connectivity index (χ1n) is 6.52. The average molecular weight is 246 g/mol. The topological polar surface area (TPSA) is 41.6 Å². The number of nitrogens with one attached hydrogen (secondary N) is 1. The van der Waals surface area contributed by atoms with E-state index in [1.54, 1.807) is 0 Å². The van der Waals surface area contributed by atoms with Crippen LogP contribution in [0, 0.1) is 5.92 Å². The molecule has 1 aromatic carbocycles. The number of ether oxygens (including phenoxy) is 1. The van der Waals surface area contributed by atoms with Crippen molar-refractivity contribution in [3.63, 3.8) is 0 Å². The lowest BCUT2D eigenvalue weighted by Crippen LogP contribution is -2.64. The number of nitrogens with zero attached hydrogens (tertiary/aromatic N) is 1. The summed E-state index contributed by atoms with van der Waals surface area (Å²) in [6, 6.07) is 10.2. The molecule has 1 N–H and O–H groups in total. The van der Waals surface area contributed by atoms with Gasteiger partial charge in [0, 0.05) is 25.0 Å². The number of carbonyl (C=O) groups excluding carboxylic acids is 1. The van der Waals surface area contributed by atoms with Crippen LogP contribution in [0.3, 0.4) is 0 Å². The summed E-state index contributed by atoms with van der Waals surface area (Å²) in [5.41, 5.74) is 1.04. The van der Waals surface area contributed by atoms with Crippen LogP contribution in [0.1, 0.15) is 12.0 Å². The number of hydrogen-bond donors (Lipinski definition) is 1. The molecule has 0 spiro atoms. The summed E-state index contributed by atoms with van der Waals surface area (Å²) in [7, 11) is 0. The number of hydrogen-bond acceptors (Lipinski definition) is 3. The lowest BCUT2D eigenvalue weighted by Gasteiger charge is -2.50. The Labute approximate surface area is 107 Å². The number of amides is 1. The average Bonchev–Trinajstić information content (AvgIpc) is 2.39. The minimum atomic E-state index is -0.165. The number of piperidine rings is 1. The largest absolute Gasteiger partial charge is 0.445 e. The van der Waals surface area contributed by atoms with Gasteiger partial charge in [0.15, 0.2) is 0 Å². The van der Waals surface area contributed by atoms with E-state index in [2.05, 4.69) is 5.32 Å². The predicted molar refractivity (Wildman–Crippen MR) is 68.1 cm³/mol. The van der Waals surface area contributed by atoms with Crippen LogP contribution < -0.4 is 5.32 Å². The molecular formula is C14H18N2O2. The van der Waals surface area contributed by atoms with Crippen LogP contribution >= 0.6 is 0 Å². The summed E-state index contributed by atoms with van der Waals surface area (Å²) in [5, 5.41) is 3.35. The van der Waals surface area contributed by atoms with Gasteiger partial charge in [0.05, 0.1) is 0 Å². The fourth-order valence-corrected chi connectivity index (χ4v) is 2.77. The summed E-state index contributed by atoms with van der Waals surface area (Å²) in [4.78, 5) is 13.8. The van der Waals surface area contributed by atoms with E-state index in [-0.39, 0.29) is 6.09 Å². The van der Waals surface area contributed by atoms with Crippen molar-refractivity contribution in [1.82, 2.24) is 10.2 Å². The fourth-order valence-electron chi connectivity index (χ4n) is 2.77. The smallest absolute Gasteiger partial charge is 0.410 e. The van der Waals surface area contributed by atoms with Crippen molar-refractivity contribution >= 4 is 6.09 Å². The molecule has 18 heavy (non-hydrogen) atoms. The van der Waals surface area contributed by atoms with E-state index in [1.807, 2.05) is 35.2 Å². The summed E-state index contributed by atoms with van der Waals surface area (Å²) in [6.45, 7) is 3.24. The second-order valence-corrected chi connectivity index (χ2v) is 5.01. The Hall–Kier alpha value is -1.55. The molecule has 4 nitrogen and oxygen atoms in total. The first-order chi connectivity index (χ1) is 8.84. The van der Waals surface area contributed by atoms with Crippen molar-refractivity contribution in [2.45, 2.75) is 19.1 Å². The quantitative estimate of drug-likeness (QED) is 0.862. The van der Waals surface area contributed by atoms with Gasteiger partial charge in [0.2, 0.25) is 0 Å². The maximum atomic E-state index is 11.9. The highest BCUT2D eigenvalue weighted by Gasteiger charge is 2.43. The first kappa shape index (κ1) is 11.5. The standard InChI is InChI=1S/C14H18N2O2/c17-14(18-10-11-4-2-1-3-5-11)16-9-12-8-15-7-6-13(12)16/h1-5,12-13,15H,6-10H2.